The van der Waals surface area contributed by atoms with Gasteiger partial charge in [-0.2, -0.15) is 16.1 Å². The maximum atomic E-state index is 12.4. The van der Waals surface area contributed by atoms with Crippen molar-refractivity contribution in [1.29, 1.82) is 0 Å². The number of hydrogen-bond donors (Lipinski definition) is 1. The number of sulfonamides is 1. The minimum atomic E-state index is -3.64. The Morgan fingerprint density at radius 3 is 2.39 bits per heavy atom. The third-order valence-corrected chi connectivity index (χ3v) is 6.19. The van der Waals surface area contributed by atoms with Crippen molar-refractivity contribution in [2.75, 3.05) is 30.3 Å². The number of hydrogen-bond acceptors (Lipinski definition) is 4. The minimum Gasteiger partial charge on any atom is -0.398 e. The van der Waals surface area contributed by atoms with Gasteiger partial charge in [-0.05, 0) is 12.1 Å². The number of halogens is 2. The molecule has 1 aliphatic heterocycles. The first-order valence-electron chi connectivity index (χ1n) is 5.25. The van der Waals surface area contributed by atoms with Gasteiger partial charge in [0.1, 0.15) is 4.90 Å². The highest BCUT2D eigenvalue weighted by atomic mass is 35.5. The van der Waals surface area contributed by atoms with E-state index in [1.807, 2.05) is 0 Å². The summed E-state index contributed by atoms with van der Waals surface area (Å²) in [7, 11) is -3.64. The maximum absolute atomic E-state index is 12.4. The number of anilines is 1. The predicted octanol–water partition coefficient (Wildman–Crippen LogP) is 2.31. The zero-order chi connectivity index (χ0) is 13.3. The maximum Gasteiger partial charge on any atom is 0.246 e. The molecular formula is C10H12Cl2N2O2S2. The number of nitrogens with zero attached hydrogens (tertiary/aromatic N) is 1. The van der Waals surface area contributed by atoms with Gasteiger partial charge in [0, 0.05) is 29.6 Å². The lowest BCUT2D eigenvalue weighted by atomic mass is 10.3. The Kier molecular flexibility index (Phi) is 4.33. The van der Waals surface area contributed by atoms with Crippen LogP contribution >= 0.6 is 35.0 Å². The molecule has 0 aromatic heterocycles. The summed E-state index contributed by atoms with van der Waals surface area (Å²) in [6.07, 6.45) is 0. The van der Waals surface area contributed by atoms with Gasteiger partial charge in [0.05, 0.1) is 10.7 Å². The van der Waals surface area contributed by atoms with Gasteiger partial charge < -0.3 is 5.73 Å². The second-order valence-electron chi connectivity index (χ2n) is 3.82. The molecule has 1 fully saturated rings. The van der Waals surface area contributed by atoms with Gasteiger partial charge >= 0.3 is 0 Å². The monoisotopic (exact) mass is 326 g/mol. The van der Waals surface area contributed by atoms with Gasteiger partial charge in [-0.3, -0.25) is 0 Å². The molecular weight excluding hydrogens is 315 g/mol. The highest BCUT2D eigenvalue weighted by molar-refractivity contribution is 7.99. The second kappa shape index (κ2) is 5.46. The minimum absolute atomic E-state index is 0.0412. The summed E-state index contributed by atoms with van der Waals surface area (Å²) >= 11 is 13.5. The summed E-state index contributed by atoms with van der Waals surface area (Å²) in [4.78, 5) is -0.0412. The van der Waals surface area contributed by atoms with Crippen LogP contribution in [0, 0.1) is 0 Å². The van der Waals surface area contributed by atoms with E-state index in [4.69, 9.17) is 28.9 Å². The highest BCUT2D eigenvalue weighted by Crippen LogP contribution is 2.33. The molecule has 100 valence electrons. The van der Waals surface area contributed by atoms with Crippen LogP contribution in [-0.2, 0) is 10.0 Å². The lowest BCUT2D eigenvalue weighted by molar-refractivity contribution is 0.444. The first-order valence-corrected chi connectivity index (χ1v) is 8.60. The molecule has 0 aliphatic carbocycles. The quantitative estimate of drug-likeness (QED) is 0.847. The van der Waals surface area contributed by atoms with Crippen LogP contribution < -0.4 is 5.73 Å². The topological polar surface area (TPSA) is 63.4 Å². The summed E-state index contributed by atoms with van der Waals surface area (Å²) in [5, 5.41) is 0.392. The molecule has 18 heavy (non-hydrogen) atoms. The fourth-order valence-electron chi connectivity index (χ4n) is 1.77. The number of nitrogens with two attached hydrogens (primary N) is 1. The zero-order valence-electron chi connectivity index (χ0n) is 9.40. The molecule has 0 radical (unpaired) electrons. The SMILES string of the molecule is Nc1cc(Cl)cc(Cl)c1S(=O)(=O)N1CCSCC1. The van der Waals surface area contributed by atoms with Crippen LogP contribution in [0.2, 0.25) is 10.0 Å². The summed E-state index contributed by atoms with van der Waals surface area (Å²) in [5.41, 5.74) is 5.82. The Morgan fingerprint density at radius 2 is 1.83 bits per heavy atom. The van der Waals surface area contributed by atoms with Gasteiger partial charge in [-0.25, -0.2) is 8.42 Å². The lowest BCUT2D eigenvalue weighted by Gasteiger charge is -2.26. The van der Waals surface area contributed by atoms with Crippen LogP contribution in [0.1, 0.15) is 0 Å². The molecule has 0 spiro atoms. The van der Waals surface area contributed by atoms with Crippen molar-refractivity contribution >= 4 is 50.7 Å². The third kappa shape index (κ3) is 2.72. The van der Waals surface area contributed by atoms with Crippen LogP contribution in [-0.4, -0.2) is 37.3 Å². The van der Waals surface area contributed by atoms with Crippen LogP contribution in [0.15, 0.2) is 17.0 Å². The predicted molar refractivity (Wildman–Crippen MR) is 77.0 cm³/mol. The van der Waals surface area contributed by atoms with Crippen LogP contribution in [0.4, 0.5) is 5.69 Å². The smallest absolute Gasteiger partial charge is 0.246 e. The van der Waals surface area contributed by atoms with Crippen molar-refractivity contribution in [3.05, 3.63) is 22.2 Å². The van der Waals surface area contributed by atoms with E-state index in [9.17, 15) is 8.42 Å². The molecule has 0 bridgehead atoms. The van der Waals surface area contributed by atoms with Crippen molar-refractivity contribution in [2.24, 2.45) is 0 Å². The molecule has 1 saturated heterocycles. The molecule has 0 unspecified atom stereocenters. The Morgan fingerprint density at radius 1 is 1.22 bits per heavy atom. The average Bonchev–Trinajstić information content (AvgIpc) is 2.28. The van der Waals surface area contributed by atoms with Gasteiger partial charge in [-0.15, -0.1) is 0 Å². The zero-order valence-corrected chi connectivity index (χ0v) is 12.5. The first-order chi connectivity index (χ1) is 8.43. The molecule has 1 aliphatic rings. The largest absolute Gasteiger partial charge is 0.398 e. The van der Waals surface area contributed by atoms with Crippen molar-refractivity contribution in [1.82, 2.24) is 4.31 Å². The number of thioether (sulfide) groups is 1. The van der Waals surface area contributed by atoms with E-state index in [2.05, 4.69) is 0 Å². The van der Waals surface area contributed by atoms with Crippen molar-refractivity contribution in [3.63, 3.8) is 0 Å². The number of benzene rings is 1. The van der Waals surface area contributed by atoms with Gasteiger partial charge in [0.15, 0.2) is 0 Å². The van der Waals surface area contributed by atoms with Gasteiger partial charge in [0.2, 0.25) is 10.0 Å². The standard InChI is InChI=1S/C10H12Cl2N2O2S2/c11-7-5-8(12)10(9(13)6-7)18(15,16)14-1-3-17-4-2-14/h5-6H,1-4,13H2. The fourth-order valence-corrected chi connectivity index (χ4v) is 5.29. The second-order valence-corrected chi connectivity index (χ2v) is 7.77. The van der Waals surface area contributed by atoms with E-state index in [0.717, 1.165) is 11.5 Å². The molecule has 4 nitrogen and oxygen atoms in total. The van der Waals surface area contributed by atoms with Crippen LogP contribution in [0.3, 0.4) is 0 Å². The highest BCUT2D eigenvalue weighted by Gasteiger charge is 2.30. The third-order valence-electron chi connectivity index (χ3n) is 2.61. The van der Waals surface area contributed by atoms with Crippen molar-refractivity contribution in [3.8, 4) is 0 Å². The van der Waals surface area contributed by atoms with E-state index in [1.54, 1.807) is 11.8 Å². The molecule has 0 saturated carbocycles. The molecule has 1 aromatic rings. The van der Waals surface area contributed by atoms with E-state index in [0.29, 0.717) is 18.1 Å². The molecule has 8 heteroatoms. The van der Waals surface area contributed by atoms with Crippen LogP contribution in [0.25, 0.3) is 0 Å². The normalized spacial score (nSPS) is 17.9. The molecule has 1 aromatic carbocycles. The van der Waals surface area contributed by atoms with Crippen molar-refractivity contribution < 1.29 is 8.42 Å². The Bertz CT molecular complexity index is 534. The number of rotatable bonds is 2. The average molecular weight is 327 g/mol. The summed E-state index contributed by atoms with van der Waals surface area (Å²) < 4.78 is 26.3. The molecule has 0 atom stereocenters. The van der Waals surface area contributed by atoms with E-state index in [1.165, 1.54) is 16.4 Å². The molecule has 1 heterocycles. The van der Waals surface area contributed by atoms with E-state index in [-0.39, 0.29) is 15.6 Å². The molecule has 2 N–H and O–H groups in total. The van der Waals surface area contributed by atoms with E-state index < -0.39 is 10.0 Å². The van der Waals surface area contributed by atoms with Gasteiger partial charge in [0.25, 0.3) is 0 Å². The Hall–Kier alpha value is -0.140. The Labute approximate surface area is 120 Å². The Balaban J connectivity index is 2.47. The molecule has 2 rings (SSSR count). The number of nitrogen functional groups attached to an aromatic ring is 1. The van der Waals surface area contributed by atoms with Crippen LogP contribution in [0.5, 0.6) is 0 Å². The molecule has 0 amide bonds. The summed E-state index contributed by atoms with van der Waals surface area (Å²) in [6, 6.07) is 2.80. The first kappa shape index (κ1) is 14.3. The van der Waals surface area contributed by atoms with Gasteiger partial charge in [-0.1, -0.05) is 23.2 Å². The summed E-state index contributed by atoms with van der Waals surface area (Å²) in [5.74, 6) is 1.56. The summed E-state index contributed by atoms with van der Waals surface area (Å²) in [6.45, 7) is 0.955. The lowest BCUT2D eigenvalue weighted by Crippen LogP contribution is -2.38. The van der Waals surface area contributed by atoms with Crippen molar-refractivity contribution in [2.45, 2.75) is 4.90 Å². The van der Waals surface area contributed by atoms with E-state index >= 15 is 0 Å². The fraction of sp³-hybridized carbons (Fsp3) is 0.400.